The SMILES string of the molecule is Cc1cc(OCCS(N)(=O)=O)ccc1C(C)C. The molecule has 1 aromatic carbocycles. The third kappa shape index (κ3) is 4.75. The number of sulfonamides is 1. The highest BCUT2D eigenvalue weighted by Crippen LogP contribution is 2.23. The molecule has 5 heteroatoms. The van der Waals surface area contributed by atoms with Crippen LogP contribution in [0.2, 0.25) is 0 Å². The molecule has 4 nitrogen and oxygen atoms in total. The minimum Gasteiger partial charge on any atom is -0.492 e. The van der Waals surface area contributed by atoms with Crippen LogP contribution in [0, 0.1) is 6.92 Å². The van der Waals surface area contributed by atoms with Crippen molar-refractivity contribution in [2.75, 3.05) is 12.4 Å². The molecule has 0 bridgehead atoms. The second-order valence-electron chi connectivity index (χ2n) is 4.39. The number of rotatable bonds is 5. The first-order valence-corrected chi connectivity index (χ1v) is 7.25. The van der Waals surface area contributed by atoms with Gasteiger partial charge in [0, 0.05) is 0 Å². The number of primary sulfonamides is 1. The van der Waals surface area contributed by atoms with Crippen LogP contribution in [0.15, 0.2) is 18.2 Å². The molecule has 2 N–H and O–H groups in total. The Morgan fingerprint density at radius 3 is 2.47 bits per heavy atom. The molecule has 0 aliphatic carbocycles. The summed E-state index contributed by atoms with van der Waals surface area (Å²) in [6, 6.07) is 5.77. The van der Waals surface area contributed by atoms with Crippen LogP contribution < -0.4 is 9.88 Å². The second kappa shape index (κ2) is 5.51. The van der Waals surface area contributed by atoms with Crippen molar-refractivity contribution in [1.29, 1.82) is 0 Å². The predicted octanol–water partition coefficient (Wildman–Crippen LogP) is 1.79. The molecule has 1 aromatic rings. The van der Waals surface area contributed by atoms with Crippen LogP contribution in [0.4, 0.5) is 0 Å². The van der Waals surface area contributed by atoms with E-state index in [0.29, 0.717) is 11.7 Å². The topological polar surface area (TPSA) is 69.4 Å². The van der Waals surface area contributed by atoms with Crippen LogP contribution in [0.25, 0.3) is 0 Å². The Hall–Kier alpha value is -1.07. The van der Waals surface area contributed by atoms with Gasteiger partial charge in [0.1, 0.15) is 12.4 Å². The fourth-order valence-electron chi connectivity index (χ4n) is 1.66. The number of nitrogens with two attached hydrogens (primary N) is 1. The smallest absolute Gasteiger partial charge is 0.212 e. The first-order valence-electron chi connectivity index (χ1n) is 5.53. The van der Waals surface area contributed by atoms with Crippen molar-refractivity contribution in [3.05, 3.63) is 29.3 Å². The van der Waals surface area contributed by atoms with E-state index in [1.807, 2.05) is 25.1 Å². The average Bonchev–Trinajstić information content (AvgIpc) is 2.15. The van der Waals surface area contributed by atoms with E-state index in [1.165, 1.54) is 5.56 Å². The molecule has 17 heavy (non-hydrogen) atoms. The van der Waals surface area contributed by atoms with Crippen LogP contribution in [0.3, 0.4) is 0 Å². The lowest BCUT2D eigenvalue weighted by atomic mass is 9.98. The Kier molecular flexibility index (Phi) is 4.54. The van der Waals surface area contributed by atoms with Crippen LogP contribution in [-0.4, -0.2) is 20.8 Å². The zero-order valence-electron chi connectivity index (χ0n) is 10.4. The fourth-order valence-corrected chi connectivity index (χ4v) is 1.98. The molecule has 0 amide bonds. The quantitative estimate of drug-likeness (QED) is 0.874. The Balaban J connectivity index is 2.65. The highest BCUT2D eigenvalue weighted by Gasteiger charge is 2.06. The number of hydrogen-bond acceptors (Lipinski definition) is 3. The first-order chi connectivity index (χ1) is 7.79. The second-order valence-corrected chi connectivity index (χ2v) is 6.12. The van der Waals surface area contributed by atoms with E-state index >= 15 is 0 Å². The molecule has 0 unspecified atom stereocenters. The maximum atomic E-state index is 10.7. The van der Waals surface area contributed by atoms with E-state index in [1.54, 1.807) is 0 Å². The van der Waals surface area contributed by atoms with Gasteiger partial charge in [-0.05, 0) is 36.1 Å². The summed E-state index contributed by atoms with van der Waals surface area (Å²) >= 11 is 0. The zero-order valence-corrected chi connectivity index (χ0v) is 11.3. The van der Waals surface area contributed by atoms with Crippen molar-refractivity contribution < 1.29 is 13.2 Å². The summed E-state index contributed by atoms with van der Waals surface area (Å²) in [7, 11) is -3.45. The monoisotopic (exact) mass is 257 g/mol. The molecular formula is C12H19NO3S. The van der Waals surface area contributed by atoms with Gasteiger partial charge in [0.2, 0.25) is 10.0 Å². The molecule has 0 aliphatic rings. The van der Waals surface area contributed by atoms with Gasteiger partial charge in [-0.15, -0.1) is 0 Å². The predicted molar refractivity (Wildman–Crippen MR) is 68.7 cm³/mol. The Bertz CT molecular complexity index is 481. The summed E-state index contributed by atoms with van der Waals surface area (Å²) in [5, 5.41) is 4.89. The molecule has 0 saturated carbocycles. The van der Waals surface area contributed by atoms with E-state index in [9.17, 15) is 8.42 Å². The van der Waals surface area contributed by atoms with Crippen LogP contribution >= 0.6 is 0 Å². The fraction of sp³-hybridized carbons (Fsp3) is 0.500. The Labute approximate surface area is 103 Å². The van der Waals surface area contributed by atoms with Gasteiger partial charge in [0.15, 0.2) is 0 Å². The van der Waals surface area contributed by atoms with Gasteiger partial charge in [-0.3, -0.25) is 0 Å². The number of benzene rings is 1. The van der Waals surface area contributed by atoms with Gasteiger partial charge in [0.25, 0.3) is 0 Å². The minimum atomic E-state index is -3.45. The first kappa shape index (κ1) is 14.0. The molecule has 0 fully saturated rings. The summed E-state index contributed by atoms with van der Waals surface area (Å²) in [5.74, 6) is 0.974. The number of aryl methyl sites for hydroxylation is 1. The van der Waals surface area contributed by atoms with Gasteiger partial charge >= 0.3 is 0 Å². The van der Waals surface area contributed by atoms with Gasteiger partial charge in [-0.1, -0.05) is 19.9 Å². The Morgan fingerprint density at radius 2 is 2.00 bits per heavy atom. The van der Waals surface area contributed by atoms with Crippen LogP contribution in [0.1, 0.15) is 30.9 Å². The summed E-state index contributed by atoms with van der Waals surface area (Å²) in [4.78, 5) is 0. The summed E-state index contributed by atoms with van der Waals surface area (Å²) in [6.45, 7) is 6.36. The lowest BCUT2D eigenvalue weighted by Gasteiger charge is -2.12. The molecule has 0 saturated heterocycles. The minimum absolute atomic E-state index is 0.0826. The Morgan fingerprint density at radius 1 is 1.35 bits per heavy atom. The van der Waals surface area contributed by atoms with Gasteiger partial charge < -0.3 is 4.74 Å². The highest BCUT2D eigenvalue weighted by atomic mass is 32.2. The molecule has 0 aliphatic heterocycles. The normalized spacial score (nSPS) is 11.8. The average molecular weight is 257 g/mol. The van der Waals surface area contributed by atoms with Crippen molar-refractivity contribution in [1.82, 2.24) is 0 Å². The highest BCUT2D eigenvalue weighted by molar-refractivity contribution is 7.89. The van der Waals surface area contributed by atoms with Crippen molar-refractivity contribution >= 4 is 10.0 Å². The van der Waals surface area contributed by atoms with Gasteiger partial charge in [-0.2, -0.15) is 0 Å². The van der Waals surface area contributed by atoms with Crippen molar-refractivity contribution in [3.63, 3.8) is 0 Å². The molecule has 0 aromatic heterocycles. The largest absolute Gasteiger partial charge is 0.492 e. The number of ether oxygens (including phenoxy) is 1. The lowest BCUT2D eigenvalue weighted by molar-refractivity contribution is 0.340. The van der Waals surface area contributed by atoms with Crippen molar-refractivity contribution in [3.8, 4) is 5.75 Å². The molecule has 0 spiro atoms. The van der Waals surface area contributed by atoms with Crippen LogP contribution in [-0.2, 0) is 10.0 Å². The van der Waals surface area contributed by atoms with E-state index in [2.05, 4.69) is 13.8 Å². The molecule has 96 valence electrons. The van der Waals surface area contributed by atoms with E-state index in [0.717, 1.165) is 5.56 Å². The number of hydrogen-bond donors (Lipinski definition) is 1. The zero-order chi connectivity index (χ0) is 13.1. The lowest BCUT2D eigenvalue weighted by Crippen LogP contribution is -2.21. The van der Waals surface area contributed by atoms with Crippen molar-refractivity contribution in [2.24, 2.45) is 5.14 Å². The third-order valence-electron chi connectivity index (χ3n) is 2.50. The third-order valence-corrected chi connectivity index (χ3v) is 3.24. The molecule has 0 radical (unpaired) electrons. The molecule has 1 rings (SSSR count). The summed E-state index contributed by atoms with van der Waals surface area (Å²) < 4.78 is 26.8. The maximum absolute atomic E-state index is 10.7. The van der Waals surface area contributed by atoms with Crippen LogP contribution in [0.5, 0.6) is 5.75 Å². The standard InChI is InChI=1S/C12H19NO3S/c1-9(2)12-5-4-11(8-10(12)3)16-6-7-17(13,14)15/h4-5,8-9H,6-7H2,1-3H3,(H2,13,14,15). The molecule has 0 atom stereocenters. The van der Waals surface area contributed by atoms with Crippen molar-refractivity contribution in [2.45, 2.75) is 26.7 Å². The van der Waals surface area contributed by atoms with E-state index in [4.69, 9.17) is 9.88 Å². The summed E-state index contributed by atoms with van der Waals surface area (Å²) in [6.07, 6.45) is 0. The molecular weight excluding hydrogens is 238 g/mol. The molecule has 0 heterocycles. The van der Waals surface area contributed by atoms with E-state index in [-0.39, 0.29) is 12.4 Å². The summed E-state index contributed by atoms with van der Waals surface area (Å²) in [5.41, 5.74) is 2.41. The van der Waals surface area contributed by atoms with Gasteiger partial charge in [-0.25, -0.2) is 13.6 Å². The van der Waals surface area contributed by atoms with Gasteiger partial charge in [0.05, 0.1) is 5.75 Å². The van der Waals surface area contributed by atoms with E-state index < -0.39 is 10.0 Å². The maximum Gasteiger partial charge on any atom is 0.212 e.